The number of ether oxygens (including phenoxy) is 1. The molecule has 5 nitrogen and oxygen atoms in total. The van der Waals surface area contributed by atoms with Crippen molar-refractivity contribution in [3.05, 3.63) is 29.1 Å². The smallest absolute Gasteiger partial charge is 0.387 e. The maximum Gasteiger partial charge on any atom is 0.387 e. The number of aromatic nitrogens is 1. The molecule has 148 valence electrons. The van der Waals surface area contributed by atoms with Crippen molar-refractivity contribution in [2.75, 3.05) is 11.9 Å². The van der Waals surface area contributed by atoms with Crippen molar-refractivity contribution in [3.63, 3.8) is 0 Å². The number of carbonyl (C=O) groups excluding carboxylic acids is 1. The van der Waals surface area contributed by atoms with Crippen LogP contribution in [-0.2, 0) is 4.79 Å². The lowest BCUT2D eigenvalue weighted by Gasteiger charge is -2.16. The van der Waals surface area contributed by atoms with Gasteiger partial charge < -0.3 is 15.8 Å². The highest BCUT2D eigenvalue weighted by atomic mass is 35.5. The molecule has 2 atom stereocenters. The number of carbonyl (C=O) groups is 1. The van der Waals surface area contributed by atoms with E-state index in [1.807, 2.05) is 6.92 Å². The molecule has 1 fully saturated rings. The van der Waals surface area contributed by atoms with Crippen LogP contribution in [0.1, 0.15) is 24.1 Å². The number of anilines is 1. The maximum atomic E-state index is 12.5. The van der Waals surface area contributed by atoms with E-state index in [1.54, 1.807) is 12.1 Å². The lowest BCUT2D eigenvalue weighted by Crippen LogP contribution is -2.29. The minimum atomic E-state index is -2.85. The number of rotatable bonds is 6. The van der Waals surface area contributed by atoms with Gasteiger partial charge in [0.15, 0.2) is 5.13 Å². The van der Waals surface area contributed by atoms with Gasteiger partial charge in [0.2, 0.25) is 5.91 Å². The molecule has 2 aromatic rings. The summed E-state index contributed by atoms with van der Waals surface area (Å²) < 4.78 is 28.8. The number of aryl methyl sites for hydroxylation is 1. The summed E-state index contributed by atoms with van der Waals surface area (Å²) in [6.45, 7) is -0.422. The van der Waals surface area contributed by atoms with Crippen LogP contribution in [0.5, 0.6) is 5.75 Å². The summed E-state index contributed by atoms with van der Waals surface area (Å²) in [6, 6.07) is 6.30. The van der Waals surface area contributed by atoms with Crippen LogP contribution in [0.2, 0.25) is 0 Å². The van der Waals surface area contributed by atoms with E-state index in [0.717, 1.165) is 35.4 Å². The maximum absolute atomic E-state index is 12.5. The number of alkyl halides is 2. The molecule has 1 aromatic carbocycles. The largest absolute Gasteiger partial charge is 0.435 e. The van der Waals surface area contributed by atoms with E-state index in [2.05, 4.69) is 15.0 Å². The van der Waals surface area contributed by atoms with Crippen LogP contribution in [-0.4, -0.2) is 24.0 Å². The van der Waals surface area contributed by atoms with Gasteiger partial charge in [0.05, 0.1) is 5.69 Å². The Morgan fingerprint density at radius 3 is 2.70 bits per heavy atom. The lowest BCUT2D eigenvalue weighted by molar-refractivity contribution is -0.120. The van der Waals surface area contributed by atoms with Gasteiger partial charge in [-0.15, -0.1) is 23.7 Å². The molecular formula is C18H22ClF2N3O2S. The molecule has 1 aliphatic carbocycles. The zero-order valence-electron chi connectivity index (χ0n) is 14.8. The van der Waals surface area contributed by atoms with Crippen molar-refractivity contribution in [1.82, 2.24) is 4.98 Å². The molecule has 9 heteroatoms. The number of hydrogen-bond donors (Lipinski definition) is 2. The molecule has 27 heavy (non-hydrogen) atoms. The summed E-state index contributed by atoms with van der Waals surface area (Å²) in [4.78, 5) is 17.9. The van der Waals surface area contributed by atoms with Crippen molar-refractivity contribution in [1.29, 1.82) is 0 Å². The van der Waals surface area contributed by atoms with Crippen LogP contribution in [0.25, 0.3) is 11.3 Å². The third-order valence-electron chi connectivity index (χ3n) is 4.68. The number of thiazole rings is 1. The molecule has 0 aliphatic heterocycles. The molecule has 1 amide bonds. The van der Waals surface area contributed by atoms with E-state index in [0.29, 0.717) is 11.7 Å². The molecule has 1 saturated carbocycles. The third-order valence-corrected chi connectivity index (χ3v) is 5.56. The van der Waals surface area contributed by atoms with Crippen molar-refractivity contribution in [3.8, 4) is 17.0 Å². The summed E-state index contributed by atoms with van der Waals surface area (Å²) in [5.74, 6) is 0.245. The van der Waals surface area contributed by atoms with E-state index in [1.165, 1.54) is 23.5 Å². The SMILES string of the molecule is Cc1sc(NC(=O)[C@@H]2CCC[C@@H]2CN)nc1-c1ccc(OC(F)F)cc1.Cl. The fourth-order valence-electron chi connectivity index (χ4n) is 3.37. The Bertz CT molecular complexity index is 770. The zero-order chi connectivity index (χ0) is 18.7. The van der Waals surface area contributed by atoms with Crippen LogP contribution < -0.4 is 15.8 Å². The van der Waals surface area contributed by atoms with Crippen LogP contribution >= 0.6 is 23.7 Å². The quantitative estimate of drug-likeness (QED) is 0.727. The summed E-state index contributed by atoms with van der Waals surface area (Å²) in [5, 5.41) is 3.45. The molecule has 0 radical (unpaired) electrons. The normalized spacial score (nSPS) is 19.0. The van der Waals surface area contributed by atoms with Gasteiger partial charge in [0.25, 0.3) is 0 Å². The van der Waals surface area contributed by atoms with Crippen molar-refractivity contribution >= 4 is 34.8 Å². The molecule has 3 rings (SSSR count). The molecule has 0 spiro atoms. The van der Waals surface area contributed by atoms with E-state index in [-0.39, 0.29) is 35.9 Å². The Kier molecular flexibility index (Phi) is 7.52. The summed E-state index contributed by atoms with van der Waals surface area (Å²) >= 11 is 1.39. The first-order chi connectivity index (χ1) is 12.5. The monoisotopic (exact) mass is 417 g/mol. The Hall–Kier alpha value is -1.77. The van der Waals surface area contributed by atoms with E-state index >= 15 is 0 Å². The predicted molar refractivity (Wildman–Crippen MR) is 105 cm³/mol. The number of hydrogen-bond acceptors (Lipinski definition) is 5. The lowest BCUT2D eigenvalue weighted by atomic mass is 9.95. The second-order valence-corrected chi connectivity index (χ2v) is 7.55. The average Bonchev–Trinajstić information content (AvgIpc) is 3.21. The van der Waals surface area contributed by atoms with Gasteiger partial charge in [0, 0.05) is 16.4 Å². The first-order valence-corrected chi connectivity index (χ1v) is 9.33. The molecule has 1 heterocycles. The average molecular weight is 418 g/mol. The second kappa shape index (κ2) is 9.43. The Morgan fingerprint density at radius 2 is 2.07 bits per heavy atom. The number of halogens is 3. The van der Waals surface area contributed by atoms with Gasteiger partial charge in [-0.05, 0) is 56.5 Å². The number of amides is 1. The standard InChI is InChI=1S/C18H21F2N3O2S.ClH/c1-10-15(11-5-7-13(8-6-11)25-17(19)20)22-18(26-10)23-16(24)14-4-2-3-12(14)9-21;/h5-8,12,14,17H,2-4,9,21H2,1H3,(H,22,23,24);1H/t12-,14-;/m1./s1. The summed E-state index contributed by atoms with van der Waals surface area (Å²) in [7, 11) is 0. The van der Waals surface area contributed by atoms with Crippen molar-refractivity contribution < 1.29 is 18.3 Å². The van der Waals surface area contributed by atoms with Crippen molar-refractivity contribution in [2.45, 2.75) is 32.8 Å². The summed E-state index contributed by atoms with van der Waals surface area (Å²) in [5.41, 5.74) is 7.25. The molecular weight excluding hydrogens is 396 g/mol. The highest BCUT2D eigenvalue weighted by Crippen LogP contribution is 2.34. The van der Waals surface area contributed by atoms with Gasteiger partial charge in [-0.25, -0.2) is 4.98 Å². The topological polar surface area (TPSA) is 77.2 Å². The van der Waals surface area contributed by atoms with Gasteiger partial charge in [0.1, 0.15) is 5.75 Å². The Balaban J connectivity index is 0.00000261. The van der Waals surface area contributed by atoms with Crippen LogP contribution in [0.4, 0.5) is 13.9 Å². The van der Waals surface area contributed by atoms with E-state index in [4.69, 9.17) is 5.73 Å². The molecule has 0 saturated heterocycles. The highest BCUT2D eigenvalue weighted by molar-refractivity contribution is 7.16. The van der Waals surface area contributed by atoms with Crippen LogP contribution in [0.15, 0.2) is 24.3 Å². The number of nitrogens with two attached hydrogens (primary N) is 1. The minimum absolute atomic E-state index is 0. The molecule has 3 N–H and O–H groups in total. The van der Waals surface area contributed by atoms with E-state index < -0.39 is 6.61 Å². The van der Waals surface area contributed by atoms with Gasteiger partial charge in [-0.1, -0.05) is 6.42 Å². The fraction of sp³-hybridized carbons (Fsp3) is 0.444. The number of nitrogens with zero attached hydrogens (tertiary/aromatic N) is 1. The molecule has 1 aromatic heterocycles. The minimum Gasteiger partial charge on any atom is -0.435 e. The van der Waals surface area contributed by atoms with Gasteiger partial charge in [-0.3, -0.25) is 4.79 Å². The van der Waals surface area contributed by atoms with Crippen LogP contribution in [0, 0.1) is 18.8 Å². The third kappa shape index (κ3) is 5.15. The molecule has 1 aliphatic rings. The highest BCUT2D eigenvalue weighted by Gasteiger charge is 2.32. The zero-order valence-corrected chi connectivity index (χ0v) is 16.4. The second-order valence-electron chi connectivity index (χ2n) is 6.35. The Morgan fingerprint density at radius 1 is 1.37 bits per heavy atom. The molecule has 0 unspecified atom stereocenters. The Labute approximate surface area is 166 Å². The molecule has 0 bridgehead atoms. The summed E-state index contributed by atoms with van der Waals surface area (Å²) in [6.07, 6.45) is 2.87. The van der Waals surface area contributed by atoms with E-state index in [9.17, 15) is 13.6 Å². The first-order valence-electron chi connectivity index (χ1n) is 8.51. The number of benzene rings is 1. The van der Waals surface area contributed by atoms with Crippen LogP contribution in [0.3, 0.4) is 0 Å². The van der Waals surface area contributed by atoms with Crippen molar-refractivity contribution in [2.24, 2.45) is 17.6 Å². The van der Waals surface area contributed by atoms with Gasteiger partial charge in [-0.2, -0.15) is 8.78 Å². The number of nitrogens with one attached hydrogen (secondary N) is 1. The first kappa shape index (κ1) is 21.5. The van der Waals surface area contributed by atoms with Gasteiger partial charge >= 0.3 is 6.61 Å². The fourth-order valence-corrected chi connectivity index (χ4v) is 4.21. The predicted octanol–water partition coefficient (Wildman–Crippen LogP) is 4.46.